The third-order valence-corrected chi connectivity index (χ3v) is 3.62. The molecule has 0 spiro atoms. The number of hydrogen-bond donors (Lipinski definition) is 1. The summed E-state index contributed by atoms with van der Waals surface area (Å²) in [5.41, 5.74) is -0.567. The summed E-state index contributed by atoms with van der Waals surface area (Å²) in [6, 6.07) is 8.26. The molecule has 138 valence electrons. The highest BCUT2D eigenvalue weighted by Gasteiger charge is 2.21. The number of hydrogen-bond acceptors (Lipinski definition) is 4. The van der Waals surface area contributed by atoms with Crippen LogP contribution in [-0.4, -0.2) is 24.6 Å². The Morgan fingerprint density at radius 2 is 1.88 bits per heavy atom. The lowest BCUT2D eigenvalue weighted by Crippen LogP contribution is -2.32. The van der Waals surface area contributed by atoms with Crippen LogP contribution in [-0.2, 0) is 14.3 Å². The molecule has 1 atom stereocenters. The average Bonchev–Trinajstić information content (AvgIpc) is 2.60. The maximum Gasteiger partial charge on any atom is 0.344 e. The van der Waals surface area contributed by atoms with Crippen LogP contribution < -0.4 is 10.1 Å². The van der Waals surface area contributed by atoms with Crippen molar-refractivity contribution in [3.8, 4) is 5.75 Å². The number of esters is 1. The van der Waals surface area contributed by atoms with Gasteiger partial charge in [0, 0.05) is 4.47 Å². The zero-order valence-corrected chi connectivity index (χ0v) is 15.0. The molecule has 2 aromatic rings. The molecule has 0 saturated heterocycles. The molecule has 0 heterocycles. The van der Waals surface area contributed by atoms with Gasteiger partial charge in [-0.05, 0) is 37.3 Å². The van der Waals surface area contributed by atoms with Crippen LogP contribution >= 0.6 is 15.9 Å². The van der Waals surface area contributed by atoms with E-state index in [2.05, 4.69) is 15.9 Å². The highest BCUT2D eigenvalue weighted by atomic mass is 79.9. The quantitative estimate of drug-likeness (QED) is 0.557. The molecule has 0 bridgehead atoms. The highest BCUT2D eigenvalue weighted by molar-refractivity contribution is 9.10. The second-order valence-electron chi connectivity index (χ2n) is 5.09. The molecular formula is C17H13BrF3NO4. The molecular weight excluding hydrogens is 419 g/mol. The van der Waals surface area contributed by atoms with Crippen molar-refractivity contribution in [3.05, 3.63) is 58.3 Å². The van der Waals surface area contributed by atoms with Crippen LogP contribution in [0.3, 0.4) is 0 Å². The van der Waals surface area contributed by atoms with Crippen molar-refractivity contribution >= 4 is 33.5 Å². The maximum absolute atomic E-state index is 13.5. The van der Waals surface area contributed by atoms with Crippen LogP contribution in [0, 0.1) is 17.5 Å². The number of anilines is 1. The molecule has 5 nitrogen and oxygen atoms in total. The van der Waals surface area contributed by atoms with E-state index in [4.69, 9.17) is 9.47 Å². The Balaban J connectivity index is 1.88. The summed E-state index contributed by atoms with van der Waals surface area (Å²) >= 11 is 3.25. The van der Waals surface area contributed by atoms with Crippen LogP contribution in [0.5, 0.6) is 5.75 Å². The van der Waals surface area contributed by atoms with Gasteiger partial charge in [-0.3, -0.25) is 4.79 Å². The Labute approximate surface area is 155 Å². The lowest BCUT2D eigenvalue weighted by Gasteiger charge is -2.14. The molecule has 1 unspecified atom stereocenters. The molecule has 1 N–H and O–H groups in total. The summed E-state index contributed by atoms with van der Waals surface area (Å²) in [6.45, 7) is 0.789. The van der Waals surface area contributed by atoms with E-state index in [9.17, 15) is 22.8 Å². The van der Waals surface area contributed by atoms with E-state index in [1.54, 1.807) is 24.3 Å². The third kappa shape index (κ3) is 5.22. The SMILES string of the molecule is CC(OC(=O)COc1cccc(Br)c1)C(=O)Nc1ccc(F)c(F)c1F. The molecule has 0 aliphatic heterocycles. The fraction of sp³-hybridized carbons (Fsp3) is 0.176. The van der Waals surface area contributed by atoms with Gasteiger partial charge in [-0.1, -0.05) is 22.0 Å². The number of ether oxygens (including phenoxy) is 2. The summed E-state index contributed by atoms with van der Waals surface area (Å²) in [5.74, 6) is -5.98. The summed E-state index contributed by atoms with van der Waals surface area (Å²) in [5, 5.41) is 2.02. The van der Waals surface area contributed by atoms with E-state index >= 15 is 0 Å². The molecule has 0 radical (unpaired) electrons. The first-order valence-corrected chi connectivity index (χ1v) is 8.09. The van der Waals surface area contributed by atoms with E-state index in [-0.39, 0.29) is 0 Å². The summed E-state index contributed by atoms with van der Waals surface area (Å²) < 4.78 is 50.3. The number of rotatable bonds is 6. The third-order valence-electron chi connectivity index (χ3n) is 3.12. The first kappa shape index (κ1) is 19.8. The molecule has 9 heteroatoms. The predicted octanol–water partition coefficient (Wildman–Crippen LogP) is 3.82. The molecule has 0 aliphatic rings. The minimum Gasteiger partial charge on any atom is -0.482 e. The number of amides is 1. The summed E-state index contributed by atoms with van der Waals surface area (Å²) in [4.78, 5) is 23.6. The average molecular weight is 432 g/mol. The van der Waals surface area contributed by atoms with Gasteiger partial charge in [0.25, 0.3) is 5.91 Å². The van der Waals surface area contributed by atoms with Crippen LogP contribution in [0.15, 0.2) is 40.9 Å². The van der Waals surface area contributed by atoms with E-state index < -0.39 is 47.7 Å². The lowest BCUT2D eigenvalue weighted by molar-refractivity contribution is -0.155. The Morgan fingerprint density at radius 1 is 1.15 bits per heavy atom. The van der Waals surface area contributed by atoms with Crippen molar-refractivity contribution in [3.63, 3.8) is 0 Å². The van der Waals surface area contributed by atoms with Gasteiger partial charge in [0.1, 0.15) is 5.75 Å². The van der Waals surface area contributed by atoms with Gasteiger partial charge < -0.3 is 14.8 Å². The van der Waals surface area contributed by atoms with Crippen molar-refractivity contribution < 1.29 is 32.2 Å². The fourth-order valence-corrected chi connectivity index (χ4v) is 2.22. The van der Waals surface area contributed by atoms with Gasteiger partial charge in [-0.15, -0.1) is 0 Å². The first-order chi connectivity index (χ1) is 12.3. The Kier molecular flexibility index (Phi) is 6.62. The topological polar surface area (TPSA) is 64.6 Å². The predicted molar refractivity (Wildman–Crippen MR) is 90.1 cm³/mol. The second-order valence-corrected chi connectivity index (χ2v) is 6.01. The van der Waals surface area contributed by atoms with E-state index in [0.717, 1.165) is 10.5 Å². The lowest BCUT2D eigenvalue weighted by atomic mass is 10.2. The normalized spacial score (nSPS) is 11.6. The van der Waals surface area contributed by atoms with Crippen LogP contribution in [0.1, 0.15) is 6.92 Å². The maximum atomic E-state index is 13.5. The van der Waals surface area contributed by atoms with Crippen molar-refractivity contribution in [2.45, 2.75) is 13.0 Å². The van der Waals surface area contributed by atoms with Gasteiger partial charge in [-0.25, -0.2) is 18.0 Å². The monoisotopic (exact) mass is 431 g/mol. The van der Waals surface area contributed by atoms with Gasteiger partial charge >= 0.3 is 5.97 Å². The van der Waals surface area contributed by atoms with E-state index in [1.165, 1.54) is 6.92 Å². The smallest absolute Gasteiger partial charge is 0.344 e. The molecule has 2 aromatic carbocycles. The molecule has 0 fully saturated rings. The van der Waals surface area contributed by atoms with Crippen molar-refractivity contribution in [1.82, 2.24) is 0 Å². The van der Waals surface area contributed by atoms with Gasteiger partial charge in [-0.2, -0.15) is 0 Å². The highest BCUT2D eigenvalue weighted by Crippen LogP contribution is 2.20. The largest absolute Gasteiger partial charge is 0.482 e. The Bertz CT molecular complexity index is 832. The van der Waals surface area contributed by atoms with Crippen molar-refractivity contribution in [2.75, 3.05) is 11.9 Å². The van der Waals surface area contributed by atoms with Gasteiger partial charge in [0.05, 0.1) is 5.69 Å². The minimum atomic E-state index is -1.71. The molecule has 0 aliphatic carbocycles. The zero-order valence-electron chi connectivity index (χ0n) is 13.4. The standard InChI is InChI=1S/C17H13BrF3NO4/c1-9(17(24)22-13-6-5-12(19)15(20)16(13)21)26-14(23)8-25-11-4-2-3-10(18)7-11/h2-7,9H,8H2,1H3,(H,22,24). The zero-order chi connectivity index (χ0) is 19.3. The number of halogens is 4. The molecule has 2 rings (SSSR count). The number of benzene rings is 2. The first-order valence-electron chi connectivity index (χ1n) is 7.30. The van der Waals surface area contributed by atoms with E-state index in [0.29, 0.717) is 11.8 Å². The molecule has 0 aromatic heterocycles. The summed E-state index contributed by atoms with van der Waals surface area (Å²) in [6.07, 6.45) is -1.30. The number of carbonyl (C=O) groups is 2. The fourth-order valence-electron chi connectivity index (χ4n) is 1.84. The Hall–Kier alpha value is -2.55. The minimum absolute atomic E-state index is 0.414. The van der Waals surface area contributed by atoms with Crippen molar-refractivity contribution in [1.29, 1.82) is 0 Å². The van der Waals surface area contributed by atoms with Gasteiger partial charge in [0.15, 0.2) is 30.2 Å². The van der Waals surface area contributed by atoms with Crippen molar-refractivity contribution in [2.24, 2.45) is 0 Å². The van der Waals surface area contributed by atoms with Crippen LogP contribution in [0.2, 0.25) is 0 Å². The van der Waals surface area contributed by atoms with Gasteiger partial charge in [0.2, 0.25) is 0 Å². The van der Waals surface area contributed by atoms with E-state index in [1.807, 2.05) is 5.32 Å². The molecule has 1 amide bonds. The Morgan fingerprint density at radius 3 is 2.58 bits per heavy atom. The molecule has 26 heavy (non-hydrogen) atoms. The number of nitrogens with one attached hydrogen (secondary N) is 1. The summed E-state index contributed by atoms with van der Waals surface area (Å²) in [7, 11) is 0. The van der Waals surface area contributed by atoms with Crippen LogP contribution in [0.4, 0.5) is 18.9 Å². The molecule has 0 saturated carbocycles. The number of carbonyl (C=O) groups excluding carboxylic acids is 2. The van der Waals surface area contributed by atoms with Crippen LogP contribution in [0.25, 0.3) is 0 Å². The second kappa shape index (κ2) is 8.70.